The first-order valence-electron chi connectivity index (χ1n) is 8.84. The van der Waals surface area contributed by atoms with Crippen LogP contribution < -0.4 is 0 Å². The molecule has 128 valence electrons. The quantitative estimate of drug-likeness (QED) is 0.797. The maximum Gasteiger partial charge on any atom is 0.282 e. The fraction of sp³-hybridized carbons (Fsp3) is 1.00. The Morgan fingerprint density at radius 3 is 2.45 bits per heavy atom. The average Bonchev–Trinajstić information content (AvgIpc) is 2.55. The van der Waals surface area contributed by atoms with E-state index in [9.17, 15) is 8.42 Å². The Morgan fingerprint density at radius 2 is 1.73 bits per heavy atom. The van der Waals surface area contributed by atoms with Gasteiger partial charge in [0, 0.05) is 38.9 Å². The summed E-state index contributed by atoms with van der Waals surface area (Å²) in [7, 11) is -1.58. The van der Waals surface area contributed by atoms with Gasteiger partial charge in [0.1, 0.15) is 0 Å². The van der Waals surface area contributed by atoms with Crippen LogP contribution in [0, 0.1) is 11.8 Å². The third-order valence-electron chi connectivity index (χ3n) is 6.05. The van der Waals surface area contributed by atoms with Crippen LogP contribution in [0.2, 0.25) is 0 Å². The third kappa shape index (κ3) is 3.07. The average molecular weight is 330 g/mol. The number of piperidine rings is 1. The lowest BCUT2D eigenvalue weighted by Gasteiger charge is -2.48. The second-order valence-electron chi connectivity index (χ2n) is 7.26. The molecule has 0 N–H and O–H groups in total. The molecule has 3 atom stereocenters. The van der Waals surface area contributed by atoms with Gasteiger partial charge in [0.15, 0.2) is 0 Å². The SMILES string of the molecule is C[C@@H]1CCN(S(=O)(=O)N(C)C2CCOCC2)[C@H]2CCCC[C@@H]12. The van der Waals surface area contributed by atoms with Crippen molar-refractivity contribution >= 4 is 10.2 Å². The molecule has 2 heterocycles. The van der Waals surface area contributed by atoms with E-state index in [1.807, 2.05) is 4.31 Å². The Bertz CT molecular complexity index is 476. The van der Waals surface area contributed by atoms with E-state index in [1.54, 1.807) is 11.4 Å². The van der Waals surface area contributed by atoms with Crippen molar-refractivity contribution in [1.82, 2.24) is 8.61 Å². The van der Waals surface area contributed by atoms with Gasteiger partial charge in [-0.15, -0.1) is 0 Å². The summed E-state index contributed by atoms with van der Waals surface area (Å²) in [6.45, 7) is 4.34. The molecule has 0 radical (unpaired) electrons. The molecular formula is C16H30N2O3S. The van der Waals surface area contributed by atoms with Gasteiger partial charge in [0.05, 0.1) is 0 Å². The molecule has 1 aliphatic carbocycles. The monoisotopic (exact) mass is 330 g/mol. The second-order valence-corrected chi connectivity index (χ2v) is 9.20. The Hall–Kier alpha value is -0.170. The first-order chi connectivity index (χ1) is 10.5. The molecule has 6 heteroatoms. The molecule has 2 saturated heterocycles. The highest BCUT2D eigenvalue weighted by atomic mass is 32.2. The molecular weight excluding hydrogens is 300 g/mol. The second kappa shape index (κ2) is 6.75. The molecule has 1 saturated carbocycles. The topological polar surface area (TPSA) is 49.9 Å². The van der Waals surface area contributed by atoms with Crippen molar-refractivity contribution < 1.29 is 13.2 Å². The van der Waals surface area contributed by atoms with Crippen LogP contribution in [0.3, 0.4) is 0 Å². The van der Waals surface area contributed by atoms with Crippen molar-refractivity contribution in [3.05, 3.63) is 0 Å². The molecule has 3 fully saturated rings. The van der Waals surface area contributed by atoms with Crippen LogP contribution in [0.25, 0.3) is 0 Å². The van der Waals surface area contributed by atoms with Gasteiger partial charge >= 0.3 is 0 Å². The van der Waals surface area contributed by atoms with E-state index >= 15 is 0 Å². The third-order valence-corrected chi connectivity index (χ3v) is 8.12. The molecule has 0 bridgehead atoms. The summed E-state index contributed by atoms with van der Waals surface area (Å²) in [5.74, 6) is 1.21. The van der Waals surface area contributed by atoms with Crippen LogP contribution >= 0.6 is 0 Å². The zero-order chi connectivity index (χ0) is 15.7. The summed E-state index contributed by atoms with van der Waals surface area (Å²) in [6, 6.07) is 0.324. The lowest BCUT2D eigenvalue weighted by Crippen LogP contribution is -2.57. The van der Waals surface area contributed by atoms with Crippen molar-refractivity contribution in [3.63, 3.8) is 0 Å². The van der Waals surface area contributed by atoms with Gasteiger partial charge < -0.3 is 4.74 Å². The maximum absolute atomic E-state index is 13.2. The van der Waals surface area contributed by atoms with Gasteiger partial charge in [-0.2, -0.15) is 17.0 Å². The van der Waals surface area contributed by atoms with Crippen molar-refractivity contribution in [2.45, 2.75) is 64.0 Å². The summed E-state index contributed by atoms with van der Waals surface area (Å²) >= 11 is 0. The van der Waals surface area contributed by atoms with E-state index in [1.165, 1.54) is 19.3 Å². The molecule has 3 rings (SSSR count). The van der Waals surface area contributed by atoms with E-state index in [4.69, 9.17) is 4.74 Å². The van der Waals surface area contributed by atoms with Crippen LogP contribution in [0.15, 0.2) is 0 Å². The molecule has 0 spiro atoms. The van der Waals surface area contributed by atoms with E-state index < -0.39 is 10.2 Å². The number of fused-ring (bicyclic) bond motifs is 1. The summed E-state index contributed by atoms with van der Waals surface area (Å²) in [4.78, 5) is 0. The molecule has 0 unspecified atom stereocenters. The van der Waals surface area contributed by atoms with E-state index in [0.29, 0.717) is 31.6 Å². The fourth-order valence-corrected chi connectivity index (χ4v) is 6.42. The minimum Gasteiger partial charge on any atom is -0.381 e. The first kappa shape index (κ1) is 16.7. The van der Waals surface area contributed by atoms with Gasteiger partial charge in [0.25, 0.3) is 10.2 Å². The van der Waals surface area contributed by atoms with Crippen LogP contribution in [0.1, 0.15) is 51.9 Å². The van der Waals surface area contributed by atoms with Crippen LogP contribution in [0.5, 0.6) is 0 Å². The summed E-state index contributed by atoms with van der Waals surface area (Å²) in [5, 5.41) is 0. The highest BCUT2D eigenvalue weighted by Gasteiger charge is 2.44. The number of hydrogen-bond donors (Lipinski definition) is 0. The van der Waals surface area contributed by atoms with Gasteiger partial charge in [-0.25, -0.2) is 0 Å². The Labute approximate surface area is 135 Å². The smallest absolute Gasteiger partial charge is 0.282 e. The number of rotatable bonds is 3. The molecule has 0 aromatic rings. The molecule has 2 aliphatic heterocycles. The Balaban J connectivity index is 1.78. The zero-order valence-electron chi connectivity index (χ0n) is 13.9. The normalized spacial score (nSPS) is 35.5. The molecule has 0 aromatic heterocycles. The predicted octanol–water partition coefficient (Wildman–Crippen LogP) is 2.24. The molecule has 5 nitrogen and oxygen atoms in total. The van der Waals surface area contributed by atoms with E-state index in [2.05, 4.69) is 6.92 Å². The van der Waals surface area contributed by atoms with Gasteiger partial charge in [-0.1, -0.05) is 19.8 Å². The lowest BCUT2D eigenvalue weighted by molar-refractivity contribution is 0.0532. The minimum atomic E-state index is -3.34. The first-order valence-corrected chi connectivity index (χ1v) is 10.2. The number of hydrogen-bond acceptors (Lipinski definition) is 3. The number of nitrogens with zero attached hydrogens (tertiary/aromatic N) is 2. The van der Waals surface area contributed by atoms with Crippen molar-refractivity contribution in [3.8, 4) is 0 Å². The lowest BCUT2D eigenvalue weighted by atomic mass is 9.74. The number of ether oxygens (including phenoxy) is 1. The maximum atomic E-state index is 13.2. The summed E-state index contributed by atoms with van der Waals surface area (Å²) in [6.07, 6.45) is 7.29. The van der Waals surface area contributed by atoms with Crippen LogP contribution in [-0.2, 0) is 14.9 Å². The van der Waals surface area contributed by atoms with Gasteiger partial charge in [-0.05, 0) is 43.9 Å². The molecule has 22 heavy (non-hydrogen) atoms. The molecule has 3 aliphatic rings. The standard InChI is InChI=1S/C16H30N2O3S/c1-13-7-10-18(16-6-4-3-5-15(13)16)22(19,20)17(2)14-8-11-21-12-9-14/h13-16H,3-12H2,1-2H3/t13-,15+,16+/m1/s1. The minimum absolute atomic E-state index is 0.0974. The van der Waals surface area contributed by atoms with Crippen molar-refractivity contribution in [1.29, 1.82) is 0 Å². The molecule has 0 amide bonds. The fourth-order valence-electron chi connectivity index (χ4n) is 4.56. The largest absolute Gasteiger partial charge is 0.381 e. The zero-order valence-corrected chi connectivity index (χ0v) is 14.7. The highest BCUT2D eigenvalue weighted by molar-refractivity contribution is 7.86. The van der Waals surface area contributed by atoms with Gasteiger partial charge in [-0.3, -0.25) is 0 Å². The molecule has 0 aromatic carbocycles. The van der Waals surface area contributed by atoms with Crippen molar-refractivity contribution in [2.75, 3.05) is 26.8 Å². The van der Waals surface area contributed by atoms with E-state index in [0.717, 1.165) is 25.7 Å². The van der Waals surface area contributed by atoms with Crippen molar-refractivity contribution in [2.24, 2.45) is 11.8 Å². The van der Waals surface area contributed by atoms with E-state index in [-0.39, 0.29) is 12.1 Å². The van der Waals surface area contributed by atoms with Crippen LogP contribution in [0.4, 0.5) is 0 Å². The van der Waals surface area contributed by atoms with Gasteiger partial charge in [0.2, 0.25) is 0 Å². The predicted molar refractivity (Wildman–Crippen MR) is 86.8 cm³/mol. The summed E-state index contributed by atoms with van der Waals surface area (Å²) < 4.78 is 35.2. The Kier molecular flexibility index (Phi) is 5.12. The Morgan fingerprint density at radius 1 is 1.05 bits per heavy atom. The summed E-state index contributed by atoms with van der Waals surface area (Å²) in [5.41, 5.74) is 0. The van der Waals surface area contributed by atoms with Crippen LogP contribution in [-0.4, -0.2) is 55.9 Å². The highest BCUT2D eigenvalue weighted by Crippen LogP contribution is 2.40.